The van der Waals surface area contributed by atoms with Crippen molar-refractivity contribution in [3.05, 3.63) is 29.8 Å². The highest BCUT2D eigenvalue weighted by molar-refractivity contribution is 8.00. The number of hydrogen-bond acceptors (Lipinski definition) is 3. The molecule has 1 atom stereocenters. The molecular weight excluding hydrogens is 230 g/mol. The minimum Gasteiger partial charge on any atom is -0.388 e. The Labute approximate surface area is 107 Å². The van der Waals surface area contributed by atoms with Gasteiger partial charge in [-0.1, -0.05) is 18.2 Å². The van der Waals surface area contributed by atoms with Gasteiger partial charge in [-0.3, -0.25) is 5.41 Å². The number of thioether (sulfide) groups is 1. The van der Waals surface area contributed by atoms with Crippen LogP contribution in [0.25, 0.3) is 0 Å². The van der Waals surface area contributed by atoms with Crippen molar-refractivity contribution in [1.29, 1.82) is 5.41 Å². The number of amidine groups is 1. The van der Waals surface area contributed by atoms with Crippen LogP contribution in [0.3, 0.4) is 0 Å². The van der Waals surface area contributed by atoms with Gasteiger partial charge in [-0.25, -0.2) is 0 Å². The average molecular weight is 249 g/mol. The third-order valence-corrected chi connectivity index (χ3v) is 4.29. The van der Waals surface area contributed by atoms with E-state index in [0.29, 0.717) is 11.7 Å². The van der Waals surface area contributed by atoms with Crippen LogP contribution >= 0.6 is 11.8 Å². The fourth-order valence-electron chi connectivity index (χ4n) is 2.11. The Morgan fingerprint density at radius 2 is 2.29 bits per heavy atom. The molecule has 0 radical (unpaired) electrons. The highest BCUT2D eigenvalue weighted by atomic mass is 32.2. The number of nitrogens with one attached hydrogen (secondary N) is 1. The summed E-state index contributed by atoms with van der Waals surface area (Å²) < 4.78 is 0. The molecule has 0 saturated heterocycles. The predicted octanol–water partition coefficient (Wildman–Crippen LogP) is 1.96. The summed E-state index contributed by atoms with van der Waals surface area (Å²) in [5.41, 5.74) is 6.84. The highest BCUT2D eigenvalue weighted by Gasteiger charge is 2.22. The van der Waals surface area contributed by atoms with Crippen LogP contribution in [0.1, 0.15) is 12.0 Å². The molecule has 0 amide bonds. The summed E-state index contributed by atoms with van der Waals surface area (Å²) in [6.07, 6.45) is 1.83. The summed E-state index contributed by atoms with van der Waals surface area (Å²) in [6, 6.07) is 8.64. The minimum atomic E-state index is 0.277. The van der Waals surface area contributed by atoms with E-state index in [0.717, 1.165) is 19.5 Å². The zero-order valence-corrected chi connectivity index (χ0v) is 11.0. The van der Waals surface area contributed by atoms with E-state index in [2.05, 4.69) is 36.2 Å². The third-order valence-electron chi connectivity index (χ3n) is 2.99. The molecule has 0 aliphatic carbocycles. The lowest BCUT2D eigenvalue weighted by atomic mass is 10.1. The van der Waals surface area contributed by atoms with Gasteiger partial charge in [0.1, 0.15) is 0 Å². The molecule has 1 aromatic carbocycles. The summed E-state index contributed by atoms with van der Waals surface area (Å²) in [5.74, 6) is 0.277. The molecule has 1 aromatic rings. The second-order valence-electron chi connectivity index (χ2n) is 4.59. The highest BCUT2D eigenvalue weighted by Crippen LogP contribution is 2.36. The number of nitrogens with two attached hydrogens (primary N) is 1. The van der Waals surface area contributed by atoms with Crippen LogP contribution in [0.2, 0.25) is 0 Å². The Hall–Kier alpha value is -1.00. The van der Waals surface area contributed by atoms with Crippen LogP contribution in [0.15, 0.2) is 29.2 Å². The Balaban J connectivity index is 1.81. The van der Waals surface area contributed by atoms with Gasteiger partial charge in [-0.2, -0.15) is 0 Å². The van der Waals surface area contributed by atoms with Crippen LogP contribution in [0, 0.1) is 5.41 Å². The van der Waals surface area contributed by atoms with Crippen LogP contribution < -0.4 is 5.73 Å². The van der Waals surface area contributed by atoms with Gasteiger partial charge in [-0.05, 0) is 25.1 Å². The normalized spacial score (nSPS) is 18.4. The first-order chi connectivity index (χ1) is 8.15. The van der Waals surface area contributed by atoms with Crippen molar-refractivity contribution in [2.45, 2.75) is 23.0 Å². The molecule has 3 N–H and O–H groups in total. The molecule has 92 valence electrons. The number of rotatable bonds is 5. The van der Waals surface area contributed by atoms with Crippen molar-refractivity contribution in [1.82, 2.24) is 4.90 Å². The molecule has 0 saturated carbocycles. The van der Waals surface area contributed by atoms with E-state index in [1.54, 1.807) is 0 Å². The largest absolute Gasteiger partial charge is 0.388 e. The van der Waals surface area contributed by atoms with E-state index in [1.165, 1.54) is 10.5 Å². The third kappa shape index (κ3) is 3.48. The van der Waals surface area contributed by atoms with E-state index in [4.69, 9.17) is 11.1 Å². The first-order valence-corrected chi connectivity index (χ1v) is 6.79. The van der Waals surface area contributed by atoms with E-state index in [-0.39, 0.29) is 5.84 Å². The summed E-state index contributed by atoms with van der Waals surface area (Å²) in [5, 5.41) is 7.87. The first-order valence-electron chi connectivity index (χ1n) is 5.91. The molecule has 1 unspecified atom stereocenters. The molecule has 0 bridgehead atoms. The van der Waals surface area contributed by atoms with Crippen LogP contribution in [-0.2, 0) is 6.42 Å². The number of hydrogen-bond donors (Lipinski definition) is 2. The standard InChI is InChI=1S/C13H19N3S/c1-16(7-6-13(14)15)9-11-8-10-4-2-3-5-12(10)17-11/h2-5,11H,6-9H2,1H3,(H3,14,15). The lowest BCUT2D eigenvalue weighted by Gasteiger charge is -2.19. The van der Waals surface area contributed by atoms with E-state index in [9.17, 15) is 0 Å². The number of nitrogens with zero attached hydrogens (tertiary/aromatic N) is 1. The fourth-order valence-corrected chi connectivity index (χ4v) is 3.52. The maximum atomic E-state index is 7.22. The lowest BCUT2D eigenvalue weighted by molar-refractivity contribution is 0.344. The predicted molar refractivity (Wildman–Crippen MR) is 73.8 cm³/mol. The first kappa shape index (κ1) is 12.5. The molecule has 3 nitrogen and oxygen atoms in total. The van der Waals surface area contributed by atoms with Gasteiger partial charge in [0.05, 0.1) is 5.84 Å². The molecule has 1 aliphatic rings. The molecular formula is C13H19N3S. The van der Waals surface area contributed by atoms with Crippen molar-refractivity contribution < 1.29 is 0 Å². The van der Waals surface area contributed by atoms with Gasteiger partial charge in [0, 0.05) is 29.7 Å². The Bertz CT molecular complexity index is 380. The average Bonchev–Trinajstić information content (AvgIpc) is 2.68. The van der Waals surface area contributed by atoms with Crippen molar-refractivity contribution in [2.75, 3.05) is 20.1 Å². The van der Waals surface area contributed by atoms with Gasteiger partial charge >= 0.3 is 0 Å². The van der Waals surface area contributed by atoms with Gasteiger partial charge in [0.2, 0.25) is 0 Å². The van der Waals surface area contributed by atoms with Crippen molar-refractivity contribution in [3.8, 4) is 0 Å². The van der Waals surface area contributed by atoms with Gasteiger partial charge < -0.3 is 10.6 Å². The van der Waals surface area contributed by atoms with Crippen LogP contribution in [0.5, 0.6) is 0 Å². The minimum absolute atomic E-state index is 0.277. The summed E-state index contributed by atoms with van der Waals surface area (Å²) in [4.78, 5) is 3.70. The molecule has 4 heteroatoms. The van der Waals surface area contributed by atoms with Gasteiger partial charge in [0.15, 0.2) is 0 Å². The van der Waals surface area contributed by atoms with Crippen LogP contribution in [-0.4, -0.2) is 36.1 Å². The topological polar surface area (TPSA) is 53.1 Å². The Morgan fingerprint density at radius 1 is 1.53 bits per heavy atom. The quantitative estimate of drug-likeness (QED) is 0.619. The van der Waals surface area contributed by atoms with E-state index >= 15 is 0 Å². The molecule has 0 aromatic heterocycles. The zero-order valence-electron chi connectivity index (χ0n) is 10.1. The molecule has 0 spiro atoms. The summed E-state index contributed by atoms with van der Waals surface area (Å²) in [6.45, 7) is 1.94. The molecule has 0 fully saturated rings. The lowest BCUT2D eigenvalue weighted by Crippen LogP contribution is -2.30. The molecule has 2 rings (SSSR count). The fraction of sp³-hybridized carbons (Fsp3) is 0.462. The summed E-state index contributed by atoms with van der Waals surface area (Å²) >= 11 is 1.97. The Kier molecular flexibility index (Phi) is 4.07. The van der Waals surface area contributed by atoms with Gasteiger partial charge in [0.25, 0.3) is 0 Å². The number of fused-ring (bicyclic) bond motifs is 1. The van der Waals surface area contributed by atoms with Crippen molar-refractivity contribution in [2.24, 2.45) is 5.73 Å². The molecule has 1 aliphatic heterocycles. The van der Waals surface area contributed by atoms with Crippen molar-refractivity contribution in [3.63, 3.8) is 0 Å². The number of benzene rings is 1. The van der Waals surface area contributed by atoms with Crippen LogP contribution in [0.4, 0.5) is 0 Å². The SMILES string of the molecule is CN(CCC(=N)N)CC1Cc2ccccc2S1. The van der Waals surface area contributed by atoms with Gasteiger partial charge in [-0.15, -0.1) is 11.8 Å². The smallest absolute Gasteiger partial charge is 0.0918 e. The van der Waals surface area contributed by atoms with Crippen molar-refractivity contribution >= 4 is 17.6 Å². The van der Waals surface area contributed by atoms with E-state index in [1.807, 2.05) is 11.8 Å². The Morgan fingerprint density at radius 3 is 3.00 bits per heavy atom. The monoisotopic (exact) mass is 249 g/mol. The second-order valence-corrected chi connectivity index (χ2v) is 5.93. The van der Waals surface area contributed by atoms with E-state index < -0.39 is 0 Å². The molecule has 1 heterocycles. The molecule has 17 heavy (non-hydrogen) atoms. The maximum Gasteiger partial charge on any atom is 0.0918 e. The zero-order chi connectivity index (χ0) is 12.3. The summed E-state index contributed by atoms with van der Waals surface area (Å²) in [7, 11) is 2.10. The maximum absolute atomic E-state index is 7.22. The second kappa shape index (κ2) is 5.56.